The fourth-order valence-electron chi connectivity index (χ4n) is 4.45. The third-order valence-electron chi connectivity index (χ3n) is 6.55. The highest BCUT2D eigenvalue weighted by atomic mass is 19.3. The van der Waals surface area contributed by atoms with Gasteiger partial charge < -0.3 is 15.8 Å². The summed E-state index contributed by atoms with van der Waals surface area (Å²) in [6, 6.07) is 0. The van der Waals surface area contributed by atoms with Gasteiger partial charge >= 0.3 is 6.55 Å². The average Bonchev–Trinajstić information content (AvgIpc) is 3.46. The summed E-state index contributed by atoms with van der Waals surface area (Å²) >= 11 is 0. The van der Waals surface area contributed by atoms with E-state index in [2.05, 4.69) is 20.4 Å². The van der Waals surface area contributed by atoms with Crippen molar-refractivity contribution in [1.29, 1.82) is 0 Å². The number of hydrogen-bond acceptors (Lipinski definition) is 7. The van der Waals surface area contributed by atoms with Crippen LogP contribution in [0.5, 0.6) is 0 Å². The van der Waals surface area contributed by atoms with E-state index in [1.54, 1.807) is 12.4 Å². The summed E-state index contributed by atoms with van der Waals surface area (Å²) in [7, 11) is 0. The summed E-state index contributed by atoms with van der Waals surface area (Å²) in [5.74, 6) is 0.168. The number of aromatic nitrogens is 3. The van der Waals surface area contributed by atoms with Crippen molar-refractivity contribution in [3.63, 3.8) is 0 Å². The van der Waals surface area contributed by atoms with Gasteiger partial charge in [0.25, 0.3) is 0 Å². The molecule has 0 saturated heterocycles. The van der Waals surface area contributed by atoms with E-state index < -0.39 is 12.3 Å². The third kappa shape index (κ3) is 4.01. The maximum absolute atomic E-state index is 13.0. The van der Waals surface area contributed by atoms with Crippen LogP contribution in [0, 0.1) is 11.8 Å². The number of anilines is 2. The van der Waals surface area contributed by atoms with Crippen molar-refractivity contribution in [2.24, 2.45) is 22.6 Å². The topological polar surface area (TPSA) is 116 Å². The van der Waals surface area contributed by atoms with Gasteiger partial charge in [-0.3, -0.25) is 5.73 Å². The zero-order valence-electron chi connectivity index (χ0n) is 17.2. The molecule has 5 N–H and O–H groups in total. The Morgan fingerprint density at radius 3 is 2.65 bits per heavy atom. The zero-order valence-corrected chi connectivity index (χ0v) is 17.2. The minimum absolute atomic E-state index is 0.115. The van der Waals surface area contributed by atoms with E-state index in [1.807, 2.05) is 0 Å². The molecule has 2 aliphatic carbocycles. The summed E-state index contributed by atoms with van der Waals surface area (Å²) < 4.78 is 32.7. The Bertz CT molecular complexity index is 982. The minimum Gasteiger partial charge on any atom is -0.383 e. The van der Waals surface area contributed by atoms with Gasteiger partial charge in [-0.1, -0.05) is 0 Å². The molecule has 0 spiro atoms. The van der Waals surface area contributed by atoms with Gasteiger partial charge in [0.05, 0.1) is 23.6 Å². The Labute approximate surface area is 179 Å². The van der Waals surface area contributed by atoms with Crippen molar-refractivity contribution in [1.82, 2.24) is 14.8 Å². The first-order chi connectivity index (χ1) is 14.9. The van der Waals surface area contributed by atoms with Crippen LogP contribution in [-0.4, -0.2) is 39.5 Å². The molecule has 1 atom stereocenters. The van der Waals surface area contributed by atoms with E-state index >= 15 is 0 Å². The van der Waals surface area contributed by atoms with Crippen LogP contribution in [-0.2, 0) is 4.74 Å². The number of aliphatic imine (C=N–C) groups is 1. The fourth-order valence-corrected chi connectivity index (χ4v) is 4.45. The number of nitrogen functional groups attached to an aromatic ring is 1. The number of ether oxygens (including phenoxy) is 1. The smallest absolute Gasteiger partial charge is 0.333 e. The lowest BCUT2D eigenvalue weighted by Gasteiger charge is -2.41. The normalized spacial score (nSPS) is 27.9. The van der Waals surface area contributed by atoms with Crippen LogP contribution < -0.4 is 16.8 Å². The summed E-state index contributed by atoms with van der Waals surface area (Å²) in [6.07, 6.45) is 12.4. The molecule has 0 aromatic carbocycles. The average molecular weight is 431 g/mol. The maximum atomic E-state index is 13.0. The molecule has 0 radical (unpaired) electrons. The van der Waals surface area contributed by atoms with Crippen LogP contribution in [0.4, 0.5) is 20.3 Å². The molecule has 10 heteroatoms. The zero-order chi connectivity index (χ0) is 21.6. The third-order valence-corrected chi connectivity index (χ3v) is 6.55. The molecule has 2 aromatic rings. The van der Waals surface area contributed by atoms with Crippen molar-refractivity contribution < 1.29 is 13.5 Å². The highest BCUT2D eigenvalue weighted by Crippen LogP contribution is 2.41. The summed E-state index contributed by atoms with van der Waals surface area (Å²) in [5.41, 5.74) is 15.1. The molecule has 2 aromatic heterocycles. The highest BCUT2D eigenvalue weighted by Gasteiger charge is 2.40. The van der Waals surface area contributed by atoms with Crippen LogP contribution in [0.3, 0.4) is 0 Å². The molecule has 2 fully saturated rings. The number of hydrogen-bond donors (Lipinski definition) is 3. The van der Waals surface area contributed by atoms with Crippen LogP contribution in [0.1, 0.15) is 50.6 Å². The molecular formula is C21H27F2N7O. The van der Waals surface area contributed by atoms with Gasteiger partial charge in [0.15, 0.2) is 5.79 Å². The highest BCUT2D eigenvalue weighted by molar-refractivity contribution is 6.00. The van der Waals surface area contributed by atoms with Crippen molar-refractivity contribution in [2.45, 2.75) is 57.0 Å². The number of pyridine rings is 1. The van der Waals surface area contributed by atoms with E-state index in [0.717, 1.165) is 38.2 Å². The van der Waals surface area contributed by atoms with Gasteiger partial charge in [0.1, 0.15) is 5.82 Å². The second kappa shape index (κ2) is 7.83. The predicted octanol–water partition coefficient (Wildman–Crippen LogP) is 3.36. The standard InChI is InChI=1S/C21H27F2N7O/c22-20(23)30-10-13(7-28-30)16-8-26-19(24)17-9-27-21(25,29-18(16)17)14-3-5-15(6-4-14)31-11-12-1-2-12/h7-10,12,14-15,20,29H,1-6,11,25H2,(H2,24,26). The van der Waals surface area contributed by atoms with E-state index in [-0.39, 0.29) is 12.0 Å². The van der Waals surface area contributed by atoms with Crippen LogP contribution in [0.15, 0.2) is 23.6 Å². The molecule has 1 aliphatic heterocycles. The first-order valence-electron chi connectivity index (χ1n) is 10.8. The second-order valence-corrected chi connectivity index (χ2v) is 8.79. The lowest BCUT2D eigenvalue weighted by Crippen LogP contribution is -2.55. The number of nitrogens with zero attached hydrogens (tertiary/aromatic N) is 4. The van der Waals surface area contributed by atoms with Crippen molar-refractivity contribution in [3.8, 4) is 11.1 Å². The molecule has 3 heterocycles. The fraction of sp³-hybridized carbons (Fsp3) is 0.571. The first kappa shape index (κ1) is 20.3. The molecule has 31 heavy (non-hydrogen) atoms. The monoisotopic (exact) mass is 431 g/mol. The molecule has 0 bridgehead atoms. The largest absolute Gasteiger partial charge is 0.383 e. The van der Waals surface area contributed by atoms with Crippen LogP contribution >= 0.6 is 0 Å². The van der Waals surface area contributed by atoms with Gasteiger partial charge in [-0.25, -0.2) is 14.7 Å². The van der Waals surface area contributed by atoms with E-state index in [9.17, 15) is 8.78 Å². The maximum Gasteiger partial charge on any atom is 0.333 e. The number of nitrogens with one attached hydrogen (secondary N) is 1. The minimum atomic E-state index is -2.72. The van der Waals surface area contributed by atoms with Gasteiger partial charge in [-0.15, -0.1) is 0 Å². The van der Waals surface area contributed by atoms with Crippen LogP contribution in [0.2, 0.25) is 0 Å². The molecule has 8 nitrogen and oxygen atoms in total. The Hall–Kier alpha value is -2.59. The predicted molar refractivity (Wildman–Crippen MR) is 114 cm³/mol. The number of fused-ring (bicyclic) bond motifs is 1. The molecule has 2 saturated carbocycles. The van der Waals surface area contributed by atoms with Gasteiger partial charge in [0, 0.05) is 42.3 Å². The number of rotatable bonds is 6. The van der Waals surface area contributed by atoms with E-state index in [0.29, 0.717) is 32.9 Å². The molecule has 1 unspecified atom stereocenters. The molecule has 166 valence electrons. The Kier molecular flexibility index (Phi) is 5.13. The molecule has 0 amide bonds. The Balaban J connectivity index is 1.36. The van der Waals surface area contributed by atoms with E-state index in [4.69, 9.17) is 16.2 Å². The van der Waals surface area contributed by atoms with Crippen molar-refractivity contribution in [2.75, 3.05) is 17.7 Å². The number of alkyl halides is 2. The number of halogens is 2. The van der Waals surface area contributed by atoms with Gasteiger partial charge in [-0.05, 0) is 44.4 Å². The molecule has 5 rings (SSSR count). The Morgan fingerprint density at radius 2 is 1.97 bits per heavy atom. The molecule has 3 aliphatic rings. The first-order valence-corrected chi connectivity index (χ1v) is 10.8. The Morgan fingerprint density at radius 1 is 1.19 bits per heavy atom. The summed E-state index contributed by atoms with van der Waals surface area (Å²) in [4.78, 5) is 8.80. The SMILES string of the molecule is Nc1ncc(-c2cnn(C(F)F)c2)c2c1C=NC(N)(C1CCC(OCC3CC3)CC1)N2. The lowest BCUT2D eigenvalue weighted by atomic mass is 9.82. The van der Waals surface area contributed by atoms with Gasteiger partial charge in [0.2, 0.25) is 0 Å². The summed E-state index contributed by atoms with van der Waals surface area (Å²) in [6.45, 7) is -1.85. The molecular weight excluding hydrogens is 404 g/mol. The van der Waals surface area contributed by atoms with Gasteiger partial charge in [-0.2, -0.15) is 13.9 Å². The quantitative estimate of drug-likeness (QED) is 0.646. The van der Waals surface area contributed by atoms with Crippen LogP contribution in [0.25, 0.3) is 11.1 Å². The lowest BCUT2D eigenvalue weighted by molar-refractivity contribution is 0.00539. The van der Waals surface area contributed by atoms with E-state index in [1.165, 1.54) is 25.2 Å². The van der Waals surface area contributed by atoms with Crippen molar-refractivity contribution >= 4 is 17.7 Å². The second-order valence-electron chi connectivity index (χ2n) is 8.79. The van der Waals surface area contributed by atoms with Crippen molar-refractivity contribution in [3.05, 3.63) is 24.2 Å². The summed E-state index contributed by atoms with van der Waals surface area (Å²) in [5, 5.41) is 7.09. The number of nitrogens with two attached hydrogens (primary N) is 2.